The second-order valence-electron chi connectivity index (χ2n) is 7.43. The van der Waals surface area contributed by atoms with Gasteiger partial charge in [0.2, 0.25) is 0 Å². The lowest BCUT2D eigenvalue weighted by atomic mass is 9.90. The van der Waals surface area contributed by atoms with Crippen LogP contribution in [0.25, 0.3) is 0 Å². The molecule has 0 aliphatic heterocycles. The zero-order valence-corrected chi connectivity index (χ0v) is 16.2. The first-order valence-electron chi connectivity index (χ1n) is 10.3. The Balaban J connectivity index is 2.44. The van der Waals surface area contributed by atoms with Crippen molar-refractivity contribution in [2.45, 2.75) is 96.7 Å². The highest BCUT2D eigenvalue weighted by Gasteiger charge is 2.39. The smallest absolute Gasteiger partial charge is 0.139 e. The number of allylic oxidation sites excluding steroid dienone is 2. The van der Waals surface area contributed by atoms with Crippen molar-refractivity contribution in [1.82, 2.24) is 0 Å². The van der Waals surface area contributed by atoms with Crippen LogP contribution in [0, 0.1) is 11.8 Å². The molecule has 3 heteroatoms. The SMILES string of the molecule is CCCCCC/C=C\CC1C(=O)C[C@@H](O)[C@@H]1/C=C/[C@@H](O)CCCCC. The molecule has 0 heterocycles. The van der Waals surface area contributed by atoms with E-state index in [9.17, 15) is 15.0 Å². The Labute approximate surface area is 154 Å². The van der Waals surface area contributed by atoms with E-state index >= 15 is 0 Å². The van der Waals surface area contributed by atoms with Gasteiger partial charge in [-0.05, 0) is 25.7 Å². The molecule has 144 valence electrons. The molecule has 0 amide bonds. The second-order valence-corrected chi connectivity index (χ2v) is 7.43. The van der Waals surface area contributed by atoms with E-state index in [4.69, 9.17) is 0 Å². The monoisotopic (exact) mass is 350 g/mol. The Bertz CT molecular complexity index is 413. The molecule has 1 rings (SSSR count). The Morgan fingerprint density at radius 3 is 2.52 bits per heavy atom. The number of carbonyl (C=O) groups excluding carboxylic acids is 1. The van der Waals surface area contributed by atoms with Gasteiger partial charge in [-0.25, -0.2) is 0 Å². The molecule has 0 bridgehead atoms. The molecular weight excluding hydrogens is 312 g/mol. The lowest BCUT2D eigenvalue weighted by Gasteiger charge is -2.16. The van der Waals surface area contributed by atoms with E-state index in [2.05, 4.69) is 26.0 Å². The van der Waals surface area contributed by atoms with Crippen molar-refractivity contribution in [2.24, 2.45) is 11.8 Å². The van der Waals surface area contributed by atoms with Crippen LogP contribution in [0.15, 0.2) is 24.3 Å². The molecule has 0 aromatic heterocycles. The molecule has 4 atom stereocenters. The van der Waals surface area contributed by atoms with Crippen LogP contribution >= 0.6 is 0 Å². The van der Waals surface area contributed by atoms with Gasteiger partial charge in [-0.15, -0.1) is 0 Å². The maximum Gasteiger partial charge on any atom is 0.139 e. The topological polar surface area (TPSA) is 57.5 Å². The molecular formula is C22H38O3. The largest absolute Gasteiger partial charge is 0.392 e. The van der Waals surface area contributed by atoms with E-state index < -0.39 is 12.2 Å². The second kappa shape index (κ2) is 13.3. The average molecular weight is 351 g/mol. The number of unbranched alkanes of at least 4 members (excludes halogenated alkanes) is 6. The van der Waals surface area contributed by atoms with E-state index in [1.807, 2.05) is 6.08 Å². The predicted octanol–water partition coefficient (Wildman–Crippen LogP) is 4.97. The van der Waals surface area contributed by atoms with Gasteiger partial charge in [0, 0.05) is 18.3 Å². The summed E-state index contributed by atoms with van der Waals surface area (Å²) in [6.45, 7) is 4.35. The van der Waals surface area contributed by atoms with Gasteiger partial charge >= 0.3 is 0 Å². The molecule has 1 aliphatic rings. The minimum absolute atomic E-state index is 0.138. The third kappa shape index (κ3) is 8.82. The van der Waals surface area contributed by atoms with Gasteiger partial charge in [-0.1, -0.05) is 76.7 Å². The van der Waals surface area contributed by atoms with Crippen LogP contribution < -0.4 is 0 Å². The van der Waals surface area contributed by atoms with Gasteiger partial charge in [0.15, 0.2) is 0 Å². The standard InChI is InChI=1S/C22H38O3/c1-3-5-7-8-9-10-12-14-19-20(22(25)17-21(19)24)16-15-18(23)13-11-6-4-2/h10,12,15-16,18-20,22-23,25H,3-9,11,13-14,17H2,1-2H3/b12-10-,16-15+/t18-,19?,20+,22+/m0/s1. The van der Waals surface area contributed by atoms with Crippen molar-refractivity contribution in [3.8, 4) is 0 Å². The predicted molar refractivity (Wildman–Crippen MR) is 104 cm³/mol. The fourth-order valence-corrected chi connectivity index (χ4v) is 3.53. The van der Waals surface area contributed by atoms with Crippen molar-refractivity contribution >= 4 is 5.78 Å². The summed E-state index contributed by atoms with van der Waals surface area (Å²) in [4.78, 5) is 12.2. The molecule has 1 saturated carbocycles. The van der Waals surface area contributed by atoms with Crippen LogP contribution in [0.3, 0.4) is 0 Å². The number of ketones is 1. The summed E-state index contributed by atoms with van der Waals surface area (Å²) in [5, 5.41) is 20.2. The summed E-state index contributed by atoms with van der Waals surface area (Å²) in [5.41, 5.74) is 0. The summed E-state index contributed by atoms with van der Waals surface area (Å²) >= 11 is 0. The van der Waals surface area contributed by atoms with Crippen molar-refractivity contribution in [3.63, 3.8) is 0 Å². The van der Waals surface area contributed by atoms with Crippen LogP contribution in [0.1, 0.15) is 84.5 Å². The minimum Gasteiger partial charge on any atom is -0.392 e. The number of aliphatic hydroxyl groups is 2. The molecule has 25 heavy (non-hydrogen) atoms. The Morgan fingerprint density at radius 2 is 1.80 bits per heavy atom. The van der Waals surface area contributed by atoms with E-state index in [0.717, 1.165) is 32.1 Å². The summed E-state index contributed by atoms with van der Waals surface area (Å²) < 4.78 is 0. The van der Waals surface area contributed by atoms with Crippen molar-refractivity contribution in [1.29, 1.82) is 0 Å². The Morgan fingerprint density at radius 1 is 1.08 bits per heavy atom. The van der Waals surface area contributed by atoms with Gasteiger partial charge in [-0.3, -0.25) is 4.79 Å². The fraction of sp³-hybridized carbons (Fsp3) is 0.773. The maximum atomic E-state index is 12.2. The molecule has 0 saturated heterocycles. The number of rotatable bonds is 13. The van der Waals surface area contributed by atoms with Gasteiger partial charge in [0.25, 0.3) is 0 Å². The minimum atomic E-state index is -0.602. The van der Waals surface area contributed by atoms with Gasteiger partial charge in [0.05, 0.1) is 12.2 Å². The number of hydrogen-bond donors (Lipinski definition) is 2. The number of hydrogen-bond acceptors (Lipinski definition) is 3. The summed E-state index contributed by atoms with van der Waals surface area (Å²) in [6, 6.07) is 0. The molecule has 1 aliphatic carbocycles. The summed E-state index contributed by atoms with van der Waals surface area (Å²) in [7, 11) is 0. The average Bonchev–Trinajstić information content (AvgIpc) is 2.85. The van der Waals surface area contributed by atoms with Crippen molar-refractivity contribution in [3.05, 3.63) is 24.3 Å². The zero-order chi connectivity index (χ0) is 18.5. The van der Waals surface area contributed by atoms with Crippen LogP contribution in [-0.4, -0.2) is 28.2 Å². The Kier molecular flexibility index (Phi) is 11.8. The third-order valence-electron chi connectivity index (χ3n) is 5.17. The quantitative estimate of drug-likeness (QED) is 0.364. The van der Waals surface area contributed by atoms with Gasteiger partial charge in [-0.2, -0.15) is 0 Å². The summed E-state index contributed by atoms with van der Waals surface area (Å²) in [5.74, 6) is -0.141. The fourth-order valence-electron chi connectivity index (χ4n) is 3.53. The first-order valence-corrected chi connectivity index (χ1v) is 10.3. The van der Waals surface area contributed by atoms with Gasteiger partial charge < -0.3 is 10.2 Å². The molecule has 3 nitrogen and oxygen atoms in total. The van der Waals surface area contributed by atoms with E-state index in [1.54, 1.807) is 6.08 Å². The molecule has 1 unspecified atom stereocenters. The van der Waals surface area contributed by atoms with Crippen LogP contribution in [-0.2, 0) is 4.79 Å². The normalized spacial score (nSPS) is 25.4. The molecule has 0 radical (unpaired) electrons. The maximum absolute atomic E-state index is 12.2. The first kappa shape index (κ1) is 22.1. The van der Waals surface area contributed by atoms with Crippen LogP contribution in [0.4, 0.5) is 0 Å². The molecule has 1 fully saturated rings. The zero-order valence-electron chi connectivity index (χ0n) is 16.2. The van der Waals surface area contributed by atoms with Crippen molar-refractivity contribution < 1.29 is 15.0 Å². The van der Waals surface area contributed by atoms with Crippen molar-refractivity contribution in [2.75, 3.05) is 0 Å². The lowest BCUT2D eigenvalue weighted by Crippen LogP contribution is -2.18. The van der Waals surface area contributed by atoms with Gasteiger partial charge in [0.1, 0.15) is 5.78 Å². The lowest BCUT2D eigenvalue weighted by molar-refractivity contribution is -0.121. The summed E-state index contributed by atoms with van der Waals surface area (Å²) in [6.07, 6.45) is 17.9. The van der Waals surface area contributed by atoms with E-state index in [0.29, 0.717) is 6.42 Å². The van der Waals surface area contributed by atoms with E-state index in [-0.39, 0.29) is 24.0 Å². The first-order chi connectivity index (χ1) is 12.1. The molecule has 0 aromatic carbocycles. The number of Topliss-reactive ketones (excluding diaryl/α,β-unsaturated/α-hetero) is 1. The number of carbonyl (C=O) groups is 1. The molecule has 0 spiro atoms. The Hall–Kier alpha value is -0.930. The highest BCUT2D eigenvalue weighted by molar-refractivity contribution is 5.84. The molecule has 2 N–H and O–H groups in total. The number of aliphatic hydroxyl groups excluding tert-OH is 2. The highest BCUT2D eigenvalue weighted by Crippen LogP contribution is 2.33. The molecule has 0 aromatic rings. The van der Waals surface area contributed by atoms with E-state index in [1.165, 1.54) is 25.7 Å². The third-order valence-corrected chi connectivity index (χ3v) is 5.17. The highest BCUT2D eigenvalue weighted by atomic mass is 16.3. The van der Waals surface area contributed by atoms with Crippen LogP contribution in [0.2, 0.25) is 0 Å². The van der Waals surface area contributed by atoms with Crippen LogP contribution in [0.5, 0.6) is 0 Å².